The van der Waals surface area contributed by atoms with Crippen LogP contribution < -0.4 is 10.6 Å². The monoisotopic (exact) mass is 413 g/mol. The van der Waals surface area contributed by atoms with Crippen LogP contribution in [0.1, 0.15) is 70.0 Å². The molecule has 2 amide bonds. The van der Waals surface area contributed by atoms with E-state index in [1.165, 1.54) is 6.92 Å². The van der Waals surface area contributed by atoms with Gasteiger partial charge >= 0.3 is 0 Å². The van der Waals surface area contributed by atoms with E-state index in [9.17, 15) is 9.59 Å². The Bertz CT molecular complexity index is 652. The van der Waals surface area contributed by atoms with E-state index in [-0.39, 0.29) is 30.3 Å². The number of aromatic nitrogens is 2. The van der Waals surface area contributed by atoms with Crippen LogP contribution in [0.3, 0.4) is 0 Å². The number of nitrogens with one attached hydrogen (secondary N) is 2. The van der Waals surface area contributed by atoms with Gasteiger partial charge in [-0.25, -0.2) is 0 Å². The van der Waals surface area contributed by atoms with Crippen LogP contribution in [0, 0.1) is 0 Å². The Kier molecular flexibility index (Phi) is 8.24. The summed E-state index contributed by atoms with van der Waals surface area (Å²) in [6, 6.07) is 0.268. The number of carbonyl (C=O) groups is 2. The standard InChI is InChI=1S/C19H31N5O3.ClH/c1-14(25)22-19(10-5-3-4-6-11-19)18-21-16(27-23-18)7-8-17(26)24(2)15-9-12-20-13-15;/h15,20H,3-13H2,1-2H3,(H,22,25);1H. The van der Waals surface area contributed by atoms with Gasteiger partial charge in [0.15, 0.2) is 5.82 Å². The molecule has 0 spiro atoms. The number of rotatable bonds is 6. The van der Waals surface area contributed by atoms with Crippen LogP contribution in [0.4, 0.5) is 0 Å². The first-order chi connectivity index (χ1) is 13.0. The first kappa shape index (κ1) is 22.6. The Morgan fingerprint density at radius 2 is 2.00 bits per heavy atom. The first-order valence-electron chi connectivity index (χ1n) is 10.1. The molecule has 3 rings (SSSR count). The lowest BCUT2D eigenvalue weighted by atomic mass is 9.89. The number of hydrogen-bond donors (Lipinski definition) is 2. The molecule has 1 aliphatic carbocycles. The van der Waals surface area contributed by atoms with Crippen molar-refractivity contribution in [3.8, 4) is 0 Å². The second-order valence-electron chi connectivity index (χ2n) is 7.84. The number of nitrogens with zero attached hydrogens (tertiary/aromatic N) is 3. The highest BCUT2D eigenvalue weighted by molar-refractivity contribution is 5.85. The lowest BCUT2D eigenvalue weighted by Gasteiger charge is -2.30. The molecule has 8 nitrogen and oxygen atoms in total. The van der Waals surface area contributed by atoms with Crippen LogP contribution in [-0.4, -0.2) is 53.0 Å². The van der Waals surface area contributed by atoms with Gasteiger partial charge in [-0.15, -0.1) is 12.4 Å². The number of carbonyl (C=O) groups excluding carboxylic acids is 2. The van der Waals surface area contributed by atoms with Crippen molar-refractivity contribution in [3.05, 3.63) is 11.7 Å². The van der Waals surface area contributed by atoms with Gasteiger partial charge in [-0.1, -0.05) is 30.8 Å². The van der Waals surface area contributed by atoms with Gasteiger partial charge in [0.25, 0.3) is 0 Å². The quantitative estimate of drug-likeness (QED) is 0.691. The highest BCUT2D eigenvalue weighted by Crippen LogP contribution is 2.34. The number of hydrogen-bond acceptors (Lipinski definition) is 6. The average Bonchev–Trinajstić information content (AvgIpc) is 3.29. The Labute approximate surface area is 172 Å². The summed E-state index contributed by atoms with van der Waals surface area (Å²) in [7, 11) is 1.86. The topological polar surface area (TPSA) is 100 Å². The Morgan fingerprint density at radius 1 is 1.29 bits per heavy atom. The molecule has 2 fully saturated rings. The molecule has 0 bridgehead atoms. The summed E-state index contributed by atoms with van der Waals surface area (Å²) in [6.45, 7) is 3.34. The zero-order chi connectivity index (χ0) is 19.3. The molecule has 1 aliphatic heterocycles. The molecule has 28 heavy (non-hydrogen) atoms. The van der Waals surface area contributed by atoms with Crippen molar-refractivity contribution in [3.63, 3.8) is 0 Å². The minimum atomic E-state index is -0.541. The Balaban J connectivity index is 0.00000280. The van der Waals surface area contributed by atoms with Gasteiger partial charge in [-0.3, -0.25) is 9.59 Å². The molecule has 1 aromatic heterocycles. The van der Waals surface area contributed by atoms with E-state index in [2.05, 4.69) is 20.8 Å². The molecular formula is C19H32ClN5O3. The normalized spacial score (nSPS) is 21.4. The van der Waals surface area contributed by atoms with Gasteiger partial charge in [0.05, 0.1) is 0 Å². The summed E-state index contributed by atoms with van der Waals surface area (Å²) >= 11 is 0. The van der Waals surface area contributed by atoms with Crippen molar-refractivity contribution >= 4 is 24.2 Å². The molecule has 1 aromatic rings. The van der Waals surface area contributed by atoms with E-state index in [4.69, 9.17) is 4.52 Å². The summed E-state index contributed by atoms with van der Waals surface area (Å²) in [5.41, 5.74) is -0.541. The van der Waals surface area contributed by atoms with Gasteiger partial charge in [-0.2, -0.15) is 4.98 Å². The molecule has 0 radical (unpaired) electrons. The summed E-state index contributed by atoms with van der Waals surface area (Å²) in [5, 5.41) is 10.5. The second kappa shape index (κ2) is 10.2. The molecule has 1 unspecified atom stereocenters. The van der Waals surface area contributed by atoms with Crippen molar-refractivity contribution in [1.82, 2.24) is 25.7 Å². The average molecular weight is 414 g/mol. The van der Waals surface area contributed by atoms with Gasteiger partial charge in [0, 0.05) is 39.4 Å². The molecule has 0 aromatic carbocycles. The number of aryl methyl sites for hydroxylation is 1. The minimum Gasteiger partial charge on any atom is -0.343 e. The smallest absolute Gasteiger partial charge is 0.227 e. The van der Waals surface area contributed by atoms with Crippen LogP contribution in [0.5, 0.6) is 0 Å². The third kappa shape index (κ3) is 5.44. The van der Waals surface area contributed by atoms with E-state index in [1.54, 1.807) is 0 Å². The van der Waals surface area contributed by atoms with E-state index in [1.807, 2.05) is 11.9 Å². The third-order valence-electron chi connectivity index (χ3n) is 5.80. The van der Waals surface area contributed by atoms with Gasteiger partial charge in [-0.05, 0) is 25.8 Å². The van der Waals surface area contributed by atoms with Crippen molar-refractivity contribution in [2.24, 2.45) is 0 Å². The van der Waals surface area contributed by atoms with Crippen molar-refractivity contribution in [1.29, 1.82) is 0 Å². The van der Waals surface area contributed by atoms with Gasteiger partial charge in [0.2, 0.25) is 17.7 Å². The fraction of sp³-hybridized carbons (Fsp3) is 0.789. The van der Waals surface area contributed by atoms with E-state index in [0.717, 1.165) is 58.0 Å². The molecule has 1 saturated heterocycles. The highest BCUT2D eigenvalue weighted by Gasteiger charge is 2.38. The predicted octanol–water partition coefficient (Wildman–Crippen LogP) is 1.93. The van der Waals surface area contributed by atoms with E-state index >= 15 is 0 Å². The van der Waals surface area contributed by atoms with Crippen molar-refractivity contribution in [2.45, 2.75) is 76.3 Å². The van der Waals surface area contributed by atoms with Gasteiger partial charge < -0.3 is 20.1 Å². The number of amides is 2. The molecular weight excluding hydrogens is 382 g/mol. The van der Waals surface area contributed by atoms with E-state index < -0.39 is 5.54 Å². The molecule has 2 N–H and O–H groups in total. The molecule has 1 atom stereocenters. The minimum absolute atomic E-state index is 0. The van der Waals surface area contributed by atoms with Crippen LogP contribution in [-0.2, 0) is 21.5 Å². The predicted molar refractivity (Wildman–Crippen MR) is 107 cm³/mol. The molecule has 1 saturated carbocycles. The zero-order valence-electron chi connectivity index (χ0n) is 16.8. The van der Waals surface area contributed by atoms with E-state index in [0.29, 0.717) is 24.6 Å². The second-order valence-corrected chi connectivity index (χ2v) is 7.84. The fourth-order valence-electron chi connectivity index (χ4n) is 4.19. The maximum Gasteiger partial charge on any atom is 0.227 e. The lowest BCUT2D eigenvalue weighted by Crippen LogP contribution is -2.45. The summed E-state index contributed by atoms with van der Waals surface area (Å²) < 4.78 is 5.43. The highest BCUT2D eigenvalue weighted by atomic mass is 35.5. The Hall–Kier alpha value is -1.67. The van der Waals surface area contributed by atoms with Crippen LogP contribution in [0.25, 0.3) is 0 Å². The third-order valence-corrected chi connectivity index (χ3v) is 5.80. The maximum absolute atomic E-state index is 12.4. The van der Waals surface area contributed by atoms with Gasteiger partial charge in [0.1, 0.15) is 5.54 Å². The summed E-state index contributed by atoms with van der Waals surface area (Å²) in [4.78, 5) is 30.6. The van der Waals surface area contributed by atoms with Crippen molar-refractivity contribution in [2.75, 3.05) is 20.1 Å². The summed E-state index contributed by atoms with van der Waals surface area (Å²) in [5.74, 6) is 1.03. The summed E-state index contributed by atoms with van der Waals surface area (Å²) in [6.07, 6.45) is 7.78. The molecule has 158 valence electrons. The Morgan fingerprint density at radius 3 is 2.61 bits per heavy atom. The number of halogens is 1. The van der Waals surface area contributed by atoms with Crippen molar-refractivity contribution < 1.29 is 14.1 Å². The maximum atomic E-state index is 12.4. The lowest BCUT2D eigenvalue weighted by molar-refractivity contribution is -0.131. The largest absolute Gasteiger partial charge is 0.343 e. The zero-order valence-corrected chi connectivity index (χ0v) is 17.6. The molecule has 9 heteroatoms. The first-order valence-corrected chi connectivity index (χ1v) is 10.1. The fourth-order valence-corrected chi connectivity index (χ4v) is 4.19. The van der Waals surface area contributed by atoms with Crippen LogP contribution in [0.15, 0.2) is 4.52 Å². The van der Waals surface area contributed by atoms with Crippen LogP contribution in [0.2, 0.25) is 0 Å². The number of likely N-dealkylation sites (N-methyl/N-ethyl adjacent to an activating group) is 1. The molecule has 2 aliphatic rings. The van der Waals surface area contributed by atoms with Crippen LogP contribution >= 0.6 is 12.4 Å². The SMILES string of the molecule is CC(=O)NC1(c2noc(CCC(=O)N(C)C3CCNC3)n2)CCCCCC1.Cl. The molecule has 2 heterocycles.